The van der Waals surface area contributed by atoms with Crippen LogP contribution in [-0.4, -0.2) is 29.5 Å². The van der Waals surface area contributed by atoms with Gasteiger partial charge in [0.1, 0.15) is 5.75 Å². The van der Waals surface area contributed by atoms with Crippen LogP contribution in [-0.2, 0) is 17.6 Å². The predicted molar refractivity (Wildman–Crippen MR) is 76.6 cm³/mol. The molecule has 1 aromatic carbocycles. The molecule has 0 atom stereocenters. The molecule has 0 unspecified atom stereocenters. The summed E-state index contributed by atoms with van der Waals surface area (Å²) in [6.07, 6.45) is 5.31. The van der Waals surface area contributed by atoms with Crippen LogP contribution in [0, 0.1) is 0 Å². The molecule has 1 heterocycles. The van der Waals surface area contributed by atoms with Gasteiger partial charge in [-0.2, -0.15) is 0 Å². The molecule has 0 saturated carbocycles. The zero-order valence-corrected chi connectivity index (χ0v) is 11.6. The summed E-state index contributed by atoms with van der Waals surface area (Å²) in [6, 6.07) is 7.77. The Hall–Kier alpha value is -2.30. The molecular formula is C15H19N3O2. The molecule has 1 amide bonds. The Balaban J connectivity index is 1.72. The van der Waals surface area contributed by atoms with Crippen molar-refractivity contribution in [3.05, 3.63) is 48.0 Å². The molecule has 5 heteroatoms. The van der Waals surface area contributed by atoms with Crippen molar-refractivity contribution >= 4 is 5.91 Å². The number of hydrogen-bond donors (Lipinski definition) is 2. The average Bonchev–Trinajstić information content (AvgIpc) is 2.98. The molecule has 0 aliphatic rings. The number of carbonyl (C=O) groups is 1. The molecule has 0 radical (unpaired) electrons. The molecule has 0 aliphatic heterocycles. The third-order valence-electron chi connectivity index (χ3n) is 3.09. The molecule has 0 fully saturated rings. The highest BCUT2D eigenvalue weighted by atomic mass is 16.5. The third-order valence-corrected chi connectivity index (χ3v) is 3.09. The van der Waals surface area contributed by atoms with Crippen molar-refractivity contribution in [2.75, 3.05) is 13.7 Å². The molecule has 20 heavy (non-hydrogen) atoms. The van der Waals surface area contributed by atoms with Crippen molar-refractivity contribution in [3.63, 3.8) is 0 Å². The second-order valence-electron chi connectivity index (χ2n) is 4.49. The van der Waals surface area contributed by atoms with Gasteiger partial charge in [0.2, 0.25) is 5.91 Å². The van der Waals surface area contributed by atoms with Crippen LogP contribution in [0.25, 0.3) is 0 Å². The second-order valence-corrected chi connectivity index (χ2v) is 4.49. The van der Waals surface area contributed by atoms with Crippen molar-refractivity contribution in [1.82, 2.24) is 15.3 Å². The van der Waals surface area contributed by atoms with E-state index in [1.807, 2.05) is 24.3 Å². The number of nitrogens with zero attached hydrogens (tertiary/aromatic N) is 1. The highest BCUT2D eigenvalue weighted by Gasteiger charge is 2.06. The van der Waals surface area contributed by atoms with Gasteiger partial charge in [-0.3, -0.25) is 4.79 Å². The smallest absolute Gasteiger partial charge is 0.220 e. The Morgan fingerprint density at radius 2 is 2.20 bits per heavy atom. The normalized spacial score (nSPS) is 10.2. The lowest BCUT2D eigenvalue weighted by atomic mass is 10.1. The molecule has 0 bridgehead atoms. The number of aryl methyl sites for hydroxylation is 1. The molecule has 2 aromatic rings. The minimum atomic E-state index is 0.0513. The van der Waals surface area contributed by atoms with Crippen molar-refractivity contribution < 1.29 is 9.53 Å². The van der Waals surface area contributed by atoms with E-state index in [0.717, 1.165) is 23.4 Å². The van der Waals surface area contributed by atoms with Crippen molar-refractivity contribution in [2.45, 2.75) is 19.3 Å². The monoisotopic (exact) mass is 273 g/mol. The fourth-order valence-electron chi connectivity index (χ4n) is 2.00. The lowest BCUT2D eigenvalue weighted by Crippen LogP contribution is -2.26. The number of carbonyl (C=O) groups excluding carboxylic acids is 1. The maximum atomic E-state index is 11.8. The number of rotatable bonds is 7. The molecule has 0 saturated heterocycles. The maximum Gasteiger partial charge on any atom is 0.220 e. The van der Waals surface area contributed by atoms with Crippen LogP contribution in [0.1, 0.15) is 17.7 Å². The Morgan fingerprint density at radius 1 is 1.35 bits per heavy atom. The zero-order chi connectivity index (χ0) is 14.2. The van der Waals surface area contributed by atoms with E-state index in [4.69, 9.17) is 4.74 Å². The molecule has 1 aromatic heterocycles. The predicted octanol–water partition coefficient (Wildman–Crippen LogP) is 1.71. The number of imidazole rings is 1. The standard InChI is InChI=1S/C15H19N3O2/c1-20-14-5-3-2-4-12(14)6-7-15(19)17-9-8-13-10-16-11-18-13/h2-5,10-11H,6-9H2,1H3,(H,16,18)(H,17,19). The molecule has 0 aliphatic carbocycles. The van der Waals surface area contributed by atoms with Crippen LogP contribution in [0.15, 0.2) is 36.8 Å². The Kier molecular flexibility index (Phi) is 5.17. The number of hydrogen-bond acceptors (Lipinski definition) is 3. The molecule has 5 nitrogen and oxygen atoms in total. The van der Waals surface area contributed by atoms with Crippen LogP contribution in [0.5, 0.6) is 5.75 Å². The number of ether oxygens (including phenoxy) is 1. The van der Waals surface area contributed by atoms with Crippen molar-refractivity contribution in [2.24, 2.45) is 0 Å². The van der Waals surface area contributed by atoms with E-state index in [2.05, 4.69) is 15.3 Å². The molecule has 2 rings (SSSR count). The summed E-state index contributed by atoms with van der Waals surface area (Å²) >= 11 is 0. The number of H-pyrrole nitrogens is 1. The molecule has 106 valence electrons. The summed E-state index contributed by atoms with van der Waals surface area (Å²) in [5.41, 5.74) is 2.08. The van der Waals surface area contributed by atoms with Gasteiger partial charge in [0.25, 0.3) is 0 Å². The van der Waals surface area contributed by atoms with E-state index < -0.39 is 0 Å². The Morgan fingerprint density at radius 3 is 2.95 bits per heavy atom. The summed E-state index contributed by atoms with van der Waals surface area (Å²) < 4.78 is 5.26. The lowest BCUT2D eigenvalue weighted by Gasteiger charge is -2.08. The first kappa shape index (κ1) is 14.1. The van der Waals surface area contributed by atoms with Crippen LogP contribution < -0.4 is 10.1 Å². The number of aromatic amines is 1. The van der Waals surface area contributed by atoms with Gasteiger partial charge in [-0.1, -0.05) is 18.2 Å². The van der Waals surface area contributed by atoms with Crippen LogP contribution in [0.4, 0.5) is 0 Å². The summed E-state index contributed by atoms with van der Waals surface area (Å²) in [6.45, 7) is 0.618. The minimum Gasteiger partial charge on any atom is -0.496 e. The van der Waals surface area contributed by atoms with Crippen LogP contribution in [0.2, 0.25) is 0 Å². The molecular weight excluding hydrogens is 254 g/mol. The number of benzene rings is 1. The largest absolute Gasteiger partial charge is 0.496 e. The summed E-state index contributed by atoms with van der Waals surface area (Å²) in [7, 11) is 1.64. The second kappa shape index (κ2) is 7.33. The molecule has 2 N–H and O–H groups in total. The lowest BCUT2D eigenvalue weighted by molar-refractivity contribution is -0.121. The number of amides is 1. The van der Waals surface area contributed by atoms with Crippen LogP contribution in [0.3, 0.4) is 0 Å². The van der Waals surface area contributed by atoms with E-state index in [1.165, 1.54) is 0 Å². The number of nitrogens with one attached hydrogen (secondary N) is 2. The summed E-state index contributed by atoms with van der Waals surface area (Å²) in [4.78, 5) is 18.7. The fraction of sp³-hybridized carbons (Fsp3) is 0.333. The van der Waals surface area contributed by atoms with E-state index in [-0.39, 0.29) is 5.91 Å². The van der Waals surface area contributed by atoms with Gasteiger partial charge >= 0.3 is 0 Å². The quantitative estimate of drug-likeness (QED) is 0.807. The average molecular weight is 273 g/mol. The fourth-order valence-corrected chi connectivity index (χ4v) is 2.00. The topological polar surface area (TPSA) is 67.0 Å². The summed E-state index contributed by atoms with van der Waals surface area (Å²) in [5.74, 6) is 0.883. The number of para-hydroxylation sites is 1. The highest BCUT2D eigenvalue weighted by molar-refractivity contribution is 5.76. The first-order valence-corrected chi connectivity index (χ1v) is 6.65. The van der Waals surface area contributed by atoms with E-state index in [9.17, 15) is 4.79 Å². The van der Waals surface area contributed by atoms with Gasteiger partial charge < -0.3 is 15.0 Å². The maximum absolute atomic E-state index is 11.8. The minimum absolute atomic E-state index is 0.0513. The molecule has 0 spiro atoms. The van der Waals surface area contributed by atoms with E-state index >= 15 is 0 Å². The van der Waals surface area contributed by atoms with Crippen molar-refractivity contribution in [1.29, 1.82) is 0 Å². The summed E-state index contributed by atoms with van der Waals surface area (Å²) in [5, 5.41) is 2.90. The van der Waals surface area contributed by atoms with Crippen molar-refractivity contribution in [3.8, 4) is 5.75 Å². The Labute approximate surface area is 118 Å². The van der Waals surface area contributed by atoms with Gasteiger partial charge in [0.05, 0.1) is 13.4 Å². The van der Waals surface area contributed by atoms with Crippen LogP contribution >= 0.6 is 0 Å². The zero-order valence-electron chi connectivity index (χ0n) is 11.6. The number of methoxy groups -OCH3 is 1. The van der Waals surface area contributed by atoms with E-state index in [0.29, 0.717) is 19.4 Å². The van der Waals surface area contributed by atoms with Gasteiger partial charge in [-0.05, 0) is 18.1 Å². The third kappa shape index (κ3) is 4.12. The van der Waals surface area contributed by atoms with Gasteiger partial charge in [-0.25, -0.2) is 4.98 Å². The number of aromatic nitrogens is 2. The van der Waals surface area contributed by atoms with Gasteiger partial charge in [0, 0.05) is 31.3 Å². The Bertz CT molecular complexity index is 538. The van der Waals surface area contributed by atoms with Gasteiger partial charge in [0.15, 0.2) is 0 Å². The van der Waals surface area contributed by atoms with Gasteiger partial charge in [-0.15, -0.1) is 0 Å². The first-order valence-electron chi connectivity index (χ1n) is 6.65. The highest BCUT2D eigenvalue weighted by Crippen LogP contribution is 2.18. The first-order chi connectivity index (χ1) is 9.79. The van der Waals surface area contributed by atoms with E-state index in [1.54, 1.807) is 19.6 Å². The SMILES string of the molecule is COc1ccccc1CCC(=O)NCCc1cnc[nH]1.